The molecule has 1 aromatic heterocycles. The normalized spacial score (nSPS) is 12.0. The fourth-order valence-corrected chi connectivity index (χ4v) is 4.13. The Bertz CT molecular complexity index is 650. The molecule has 2 aromatic rings. The maximum absolute atomic E-state index is 13.3. The van der Waals surface area contributed by atoms with Gasteiger partial charge < -0.3 is 0 Å². The lowest BCUT2D eigenvalue weighted by Crippen LogP contribution is -1.99. The Morgan fingerprint density at radius 1 is 1.24 bits per heavy atom. The number of benzene rings is 1. The summed E-state index contributed by atoms with van der Waals surface area (Å²) in [4.78, 5) is 4.04. The van der Waals surface area contributed by atoms with Crippen LogP contribution in [-0.2, 0) is 0 Å². The lowest BCUT2D eigenvalue weighted by atomic mass is 10.3. The van der Waals surface area contributed by atoms with Crippen LogP contribution in [0.15, 0.2) is 28.5 Å². The molecule has 0 atom stereocenters. The molecule has 21 heavy (non-hydrogen) atoms. The number of nitrogens with zero attached hydrogens (tertiary/aromatic N) is 2. The van der Waals surface area contributed by atoms with Crippen molar-refractivity contribution in [3.63, 3.8) is 0 Å². The second-order valence-electron chi connectivity index (χ2n) is 3.69. The van der Waals surface area contributed by atoms with Gasteiger partial charge in [-0.2, -0.15) is 4.39 Å². The third-order valence-electron chi connectivity index (χ3n) is 2.32. The quantitative estimate of drug-likeness (QED) is 0.442. The zero-order valence-electron chi connectivity index (χ0n) is 10.2. The highest BCUT2D eigenvalue weighted by molar-refractivity contribution is 8.04. The van der Waals surface area contributed by atoms with E-state index in [1.165, 1.54) is 22.7 Å². The van der Waals surface area contributed by atoms with Crippen molar-refractivity contribution >= 4 is 69.9 Å². The zero-order chi connectivity index (χ0) is 15.8. The number of aromatic nitrogens is 2. The Balaban J connectivity index is 2.56. The van der Waals surface area contributed by atoms with Crippen LogP contribution in [0.5, 0.6) is 0 Å². The molecule has 0 amide bonds. The zero-order valence-corrected chi connectivity index (χ0v) is 14.9. The molecule has 2 nitrogen and oxygen atoms in total. The lowest BCUT2D eigenvalue weighted by Gasteiger charge is -2.12. The standard InChI is InChI=1S/C11H6Cl4F2N2S2/c1-20-10-9(21-11(14,15)17)18-4-19(10)8-6(12)2-5(16)3-7(8)13/h2-4H,1H3. The number of hydrogen-bond acceptors (Lipinski definition) is 3. The Hall–Kier alpha value is 0.150. The van der Waals surface area contributed by atoms with E-state index in [-0.39, 0.29) is 15.1 Å². The SMILES string of the molecule is CSc1c(SC(F)(Cl)Cl)ncn1-c1c(Cl)cc(F)cc1Cl. The van der Waals surface area contributed by atoms with E-state index in [0.717, 1.165) is 12.1 Å². The van der Waals surface area contributed by atoms with E-state index >= 15 is 0 Å². The van der Waals surface area contributed by atoms with Gasteiger partial charge in [0.25, 0.3) is 0 Å². The van der Waals surface area contributed by atoms with Gasteiger partial charge >= 0.3 is 3.92 Å². The first kappa shape index (κ1) is 17.5. The van der Waals surface area contributed by atoms with Gasteiger partial charge in [0.2, 0.25) is 0 Å². The van der Waals surface area contributed by atoms with Crippen LogP contribution in [0.3, 0.4) is 0 Å². The van der Waals surface area contributed by atoms with Crippen LogP contribution in [0.25, 0.3) is 5.69 Å². The molecule has 1 heterocycles. The molecule has 0 N–H and O–H groups in total. The van der Waals surface area contributed by atoms with Crippen LogP contribution >= 0.6 is 69.9 Å². The second kappa shape index (κ2) is 6.72. The molecule has 0 aliphatic carbocycles. The number of hydrogen-bond donors (Lipinski definition) is 0. The van der Waals surface area contributed by atoms with Gasteiger partial charge in [-0.1, -0.05) is 46.4 Å². The summed E-state index contributed by atoms with van der Waals surface area (Å²) in [7, 11) is 0. The molecule has 0 radical (unpaired) electrons. The Morgan fingerprint density at radius 2 is 1.81 bits per heavy atom. The van der Waals surface area contributed by atoms with E-state index in [1.54, 1.807) is 6.26 Å². The molecule has 0 aliphatic heterocycles. The third kappa shape index (κ3) is 4.12. The Labute approximate surface area is 148 Å². The summed E-state index contributed by atoms with van der Waals surface area (Å²) in [6, 6.07) is 2.25. The number of imidazole rings is 1. The largest absolute Gasteiger partial charge is 0.310 e. The van der Waals surface area contributed by atoms with Crippen molar-refractivity contribution in [1.82, 2.24) is 9.55 Å². The molecule has 0 aliphatic rings. The fraction of sp³-hybridized carbons (Fsp3) is 0.182. The van der Waals surface area contributed by atoms with Gasteiger partial charge in [-0.15, -0.1) is 11.8 Å². The van der Waals surface area contributed by atoms with Crippen molar-refractivity contribution < 1.29 is 8.78 Å². The topological polar surface area (TPSA) is 17.8 Å². The predicted octanol–water partition coefficient (Wildman–Crippen LogP) is 6.19. The summed E-state index contributed by atoms with van der Waals surface area (Å²) in [6.45, 7) is 0. The minimum atomic E-state index is -2.51. The minimum Gasteiger partial charge on any atom is -0.290 e. The Kier molecular flexibility index (Phi) is 5.60. The van der Waals surface area contributed by atoms with Crippen molar-refractivity contribution in [2.45, 2.75) is 14.0 Å². The van der Waals surface area contributed by atoms with Gasteiger partial charge in [0, 0.05) is 0 Å². The molecule has 1 aromatic carbocycles. The van der Waals surface area contributed by atoms with Crippen LogP contribution in [0.2, 0.25) is 10.0 Å². The molecule has 0 bridgehead atoms. The van der Waals surface area contributed by atoms with Gasteiger partial charge in [-0.25, -0.2) is 9.37 Å². The highest BCUT2D eigenvalue weighted by Crippen LogP contribution is 2.45. The first-order chi connectivity index (χ1) is 9.73. The van der Waals surface area contributed by atoms with Crippen molar-refractivity contribution in [2.75, 3.05) is 6.26 Å². The van der Waals surface area contributed by atoms with E-state index in [0.29, 0.717) is 22.5 Å². The maximum Gasteiger partial charge on any atom is 0.310 e. The maximum atomic E-state index is 13.3. The molecule has 0 unspecified atom stereocenters. The molecular formula is C11H6Cl4F2N2S2. The molecule has 0 spiro atoms. The number of thioether (sulfide) groups is 2. The molecule has 114 valence electrons. The summed E-state index contributed by atoms with van der Waals surface area (Å²) in [6.07, 6.45) is 3.14. The average Bonchev–Trinajstić information content (AvgIpc) is 2.68. The van der Waals surface area contributed by atoms with Crippen molar-refractivity contribution in [3.05, 3.63) is 34.3 Å². The van der Waals surface area contributed by atoms with Gasteiger partial charge in [0.15, 0.2) is 0 Å². The van der Waals surface area contributed by atoms with Gasteiger partial charge in [-0.05, 0) is 30.2 Å². The lowest BCUT2D eigenvalue weighted by molar-refractivity contribution is 0.515. The van der Waals surface area contributed by atoms with Crippen LogP contribution in [-0.4, -0.2) is 19.7 Å². The molecule has 0 saturated heterocycles. The monoisotopic (exact) mass is 408 g/mol. The summed E-state index contributed by atoms with van der Waals surface area (Å²) in [5, 5.41) is 1.00. The van der Waals surface area contributed by atoms with E-state index in [2.05, 4.69) is 4.98 Å². The summed E-state index contributed by atoms with van der Waals surface area (Å²) in [5.41, 5.74) is 0.344. The number of alkyl halides is 3. The van der Waals surface area contributed by atoms with Crippen LogP contribution in [0.1, 0.15) is 0 Å². The molecule has 2 rings (SSSR count). The van der Waals surface area contributed by atoms with Crippen molar-refractivity contribution in [2.24, 2.45) is 0 Å². The third-order valence-corrected chi connectivity index (χ3v) is 4.99. The fourth-order valence-electron chi connectivity index (χ4n) is 1.61. The van der Waals surface area contributed by atoms with Crippen LogP contribution in [0.4, 0.5) is 8.78 Å². The summed E-state index contributed by atoms with van der Waals surface area (Å²) < 4.78 is 25.6. The average molecular weight is 410 g/mol. The van der Waals surface area contributed by atoms with E-state index < -0.39 is 9.74 Å². The number of halogens is 6. The molecule has 0 fully saturated rings. The van der Waals surface area contributed by atoms with Gasteiger partial charge in [-0.3, -0.25) is 4.57 Å². The first-order valence-electron chi connectivity index (χ1n) is 5.25. The molecule has 0 saturated carbocycles. The summed E-state index contributed by atoms with van der Waals surface area (Å²) in [5.74, 6) is -0.557. The highest BCUT2D eigenvalue weighted by Gasteiger charge is 2.28. The van der Waals surface area contributed by atoms with E-state index in [1.807, 2.05) is 0 Å². The summed E-state index contributed by atoms with van der Waals surface area (Å²) >= 11 is 24.5. The van der Waals surface area contributed by atoms with E-state index in [4.69, 9.17) is 46.4 Å². The van der Waals surface area contributed by atoms with Gasteiger partial charge in [0.1, 0.15) is 22.2 Å². The van der Waals surface area contributed by atoms with Crippen LogP contribution in [0, 0.1) is 5.82 Å². The van der Waals surface area contributed by atoms with Crippen LogP contribution < -0.4 is 0 Å². The molecule has 10 heteroatoms. The van der Waals surface area contributed by atoms with Crippen molar-refractivity contribution in [3.8, 4) is 5.69 Å². The second-order valence-corrected chi connectivity index (χ2v) is 8.14. The first-order valence-corrected chi connectivity index (χ1v) is 8.80. The van der Waals surface area contributed by atoms with Crippen molar-refractivity contribution in [1.29, 1.82) is 0 Å². The van der Waals surface area contributed by atoms with E-state index in [9.17, 15) is 8.78 Å². The number of rotatable bonds is 4. The highest BCUT2D eigenvalue weighted by atomic mass is 35.5. The Morgan fingerprint density at radius 3 is 2.29 bits per heavy atom. The van der Waals surface area contributed by atoms with Gasteiger partial charge in [0.05, 0.1) is 15.7 Å². The smallest absolute Gasteiger partial charge is 0.290 e. The minimum absolute atomic E-state index is 0.104. The molecular weight excluding hydrogens is 404 g/mol. The predicted molar refractivity (Wildman–Crippen MR) is 86.7 cm³/mol.